The van der Waals surface area contributed by atoms with E-state index in [1.54, 1.807) is 16.8 Å². The molecule has 0 amide bonds. The van der Waals surface area contributed by atoms with Crippen molar-refractivity contribution < 1.29 is 4.39 Å². The van der Waals surface area contributed by atoms with Crippen LogP contribution in [0.5, 0.6) is 0 Å². The van der Waals surface area contributed by atoms with Crippen LogP contribution in [-0.4, -0.2) is 9.78 Å². The Hall–Kier alpha value is -2.35. The van der Waals surface area contributed by atoms with Gasteiger partial charge in [-0.1, -0.05) is 32.9 Å². The molecule has 2 rings (SSSR count). The van der Waals surface area contributed by atoms with Crippen molar-refractivity contribution in [2.75, 3.05) is 5.73 Å². The van der Waals surface area contributed by atoms with Crippen molar-refractivity contribution in [3.8, 4) is 6.07 Å². The maximum atomic E-state index is 12.9. The van der Waals surface area contributed by atoms with Crippen LogP contribution in [0.4, 0.5) is 10.2 Å². The van der Waals surface area contributed by atoms with Crippen molar-refractivity contribution in [1.29, 1.82) is 5.26 Å². The van der Waals surface area contributed by atoms with E-state index in [4.69, 9.17) is 5.73 Å². The van der Waals surface area contributed by atoms with Crippen molar-refractivity contribution in [3.05, 3.63) is 46.9 Å². The number of rotatable bonds is 2. The molecule has 1 aromatic carbocycles. The molecule has 0 bridgehead atoms. The molecule has 20 heavy (non-hydrogen) atoms. The molecule has 2 N–H and O–H groups in total. The number of nitriles is 1. The number of aromatic nitrogens is 2. The molecule has 5 heteroatoms. The fourth-order valence-corrected chi connectivity index (χ4v) is 1.99. The van der Waals surface area contributed by atoms with E-state index in [1.807, 2.05) is 20.8 Å². The van der Waals surface area contributed by atoms with Crippen LogP contribution in [0, 0.1) is 17.1 Å². The average Bonchev–Trinajstić information content (AvgIpc) is 2.69. The predicted octanol–water partition coefficient (Wildman–Crippen LogP) is 2.82. The Morgan fingerprint density at radius 2 is 1.90 bits per heavy atom. The molecule has 2 aromatic rings. The summed E-state index contributed by atoms with van der Waals surface area (Å²) < 4.78 is 14.5. The fourth-order valence-electron chi connectivity index (χ4n) is 1.99. The van der Waals surface area contributed by atoms with Gasteiger partial charge in [-0.2, -0.15) is 10.4 Å². The number of nitrogens with zero attached hydrogens (tertiary/aromatic N) is 3. The van der Waals surface area contributed by atoms with Crippen LogP contribution in [0.25, 0.3) is 0 Å². The number of nitrogen functional groups attached to an aromatic ring is 1. The topological polar surface area (TPSA) is 67.6 Å². The van der Waals surface area contributed by atoms with E-state index in [0.29, 0.717) is 23.6 Å². The van der Waals surface area contributed by atoms with Gasteiger partial charge in [0.25, 0.3) is 0 Å². The summed E-state index contributed by atoms with van der Waals surface area (Å²) in [6.45, 7) is 6.37. The van der Waals surface area contributed by atoms with Gasteiger partial charge >= 0.3 is 0 Å². The van der Waals surface area contributed by atoms with Crippen molar-refractivity contribution in [2.24, 2.45) is 0 Å². The van der Waals surface area contributed by atoms with E-state index in [0.717, 1.165) is 5.56 Å². The Bertz CT molecular complexity index is 657. The van der Waals surface area contributed by atoms with E-state index in [9.17, 15) is 9.65 Å². The van der Waals surface area contributed by atoms with Gasteiger partial charge in [0.15, 0.2) is 0 Å². The third-order valence-corrected chi connectivity index (χ3v) is 3.06. The van der Waals surface area contributed by atoms with Gasteiger partial charge in [0.2, 0.25) is 0 Å². The van der Waals surface area contributed by atoms with Gasteiger partial charge in [-0.15, -0.1) is 0 Å². The van der Waals surface area contributed by atoms with Crippen molar-refractivity contribution in [1.82, 2.24) is 9.78 Å². The summed E-state index contributed by atoms with van der Waals surface area (Å²) in [4.78, 5) is 0. The molecule has 0 unspecified atom stereocenters. The predicted molar refractivity (Wildman–Crippen MR) is 75.6 cm³/mol. The highest BCUT2D eigenvalue weighted by molar-refractivity contribution is 5.54. The van der Waals surface area contributed by atoms with Gasteiger partial charge in [0, 0.05) is 5.41 Å². The van der Waals surface area contributed by atoms with Crippen molar-refractivity contribution in [2.45, 2.75) is 32.7 Å². The summed E-state index contributed by atoms with van der Waals surface area (Å²) in [7, 11) is 0. The quantitative estimate of drug-likeness (QED) is 0.914. The molecular weight excluding hydrogens is 255 g/mol. The van der Waals surface area contributed by atoms with E-state index in [2.05, 4.69) is 11.2 Å². The van der Waals surface area contributed by atoms with Gasteiger partial charge in [-0.05, 0) is 17.7 Å². The number of benzene rings is 1. The molecule has 4 nitrogen and oxygen atoms in total. The molecule has 0 aliphatic rings. The Labute approximate surface area is 117 Å². The zero-order valence-corrected chi connectivity index (χ0v) is 11.8. The first-order chi connectivity index (χ1) is 9.32. The second-order valence-electron chi connectivity index (χ2n) is 5.75. The standard InChI is InChI=1S/C15H17FN4/c1-15(2,3)13-12(8-17)14(18)20(19-13)9-10-4-6-11(16)7-5-10/h4-7H,9,18H2,1-3H3. The zero-order chi connectivity index (χ0) is 14.9. The molecule has 0 saturated carbocycles. The highest BCUT2D eigenvalue weighted by atomic mass is 19.1. The average molecular weight is 272 g/mol. The Kier molecular flexibility index (Phi) is 3.49. The SMILES string of the molecule is CC(C)(C)c1nn(Cc2ccc(F)cc2)c(N)c1C#N. The smallest absolute Gasteiger partial charge is 0.140 e. The lowest BCUT2D eigenvalue weighted by atomic mass is 9.90. The Balaban J connectivity index is 2.41. The minimum atomic E-state index is -0.282. The fraction of sp³-hybridized carbons (Fsp3) is 0.333. The summed E-state index contributed by atoms with van der Waals surface area (Å²) in [5, 5.41) is 13.7. The van der Waals surface area contributed by atoms with Crippen LogP contribution < -0.4 is 5.73 Å². The monoisotopic (exact) mass is 272 g/mol. The van der Waals surface area contributed by atoms with Crippen LogP contribution in [-0.2, 0) is 12.0 Å². The Morgan fingerprint density at radius 1 is 1.30 bits per heavy atom. The second-order valence-corrected chi connectivity index (χ2v) is 5.75. The summed E-state index contributed by atoms with van der Waals surface area (Å²) in [5.74, 6) is 0.0667. The third kappa shape index (κ3) is 2.64. The summed E-state index contributed by atoms with van der Waals surface area (Å²) >= 11 is 0. The van der Waals surface area contributed by atoms with E-state index in [1.165, 1.54) is 12.1 Å². The summed E-state index contributed by atoms with van der Waals surface area (Å²) in [6.07, 6.45) is 0. The highest BCUT2D eigenvalue weighted by Gasteiger charge is 2.25. The second kappa shape index (κ2) is 4.97. The third-order valence-electron chi connectivity index (χ3n) is 3.06. The first-order valence-electron chi connectivity index (χ1n) is 6.34. The maximum Gasteiger partial charge on any atom is 0.140 e. The molecule has 104 valence electrons. The highest BCUT2D eigenvalue weighted by Crippen LogP contribution is 2.28. The van der Waals surface area contributed by atoms with Crippen LogP contribution in [0.15, 0.2) is 24.3 Å². The number of hydrogen-bond acceptors (Lipinski definition) is 3. The van der Waals surface area contributed by atoms with Gasteiger partial charge in [-0.25, -0.2) is 9.07 Å². The lowest BCUT2D eigenvalue weighted by molar-refractivity contribution is 0.545. The lowest BCUT2D eigenvalue weighted by Gasteiger charge is -2.15. The minimum Gasteiger partial charge on any atom is -0.383 e. The van der Waals surface area contributed by atoms with E-state index < -0.39 is 0 Å². The number of hydrogen-bond donors (Lipinski definition) is 1. The van der Waals surface area contributed by atoms with E-state index >= 15 is 0 Å². The van der Waals surface area contributed by atoms with E-state index in [-0.39, 0.29) is 11.2 Å². The first-order valence-corrected chi connectivity index (χ1v) is 6.34. The van der Waals surface area contributed by atoms with Crippen LogP contribution in [0.3, 0.4) is 0 Å². The van der Waals surface area contributed by atoms with Gasteiger partial charge in [0.05, 0.1) is 12.2 Å². The number of nitrogens with two attached hydrogens (primary N) is 1. The molecular formula is C15H17FN4. The summed E-state index contributed by atoms with van der Waals surface area (Å²) in [6, 6.07) is 8.26. The van der Waals surface area contributed by atoms with Crippen LogP contribution >= 0.6 is 0 Å². The van der Waals surface area contributed by atoms with Crippen molar-refractivity contribution >= 4 is 5.82 Å². The Morgan fingerprint density at radius 3 is 2.35 bits per heavy atom. The van der Waals surface area contributed by atoms with Crippen LogP contribution in [0.1, 0.15) is 37.6 Å². The molecule has 0 aliphatic carbocycles. The molecule has 0 radical (unpaired) electrons. The molecule has 0 spiro atoms. The largest absolute Gasteiger partial charge is 0.383 e. The molecule has 1 aromatic heterocycles. The number of anilines is 1. The van der Waals surface area contributed by atoms with Crippen molar-refractivity contribution in [3.63, 3.8) is 0 Å². The lowest BCUT2D eigenvalue weighted by Crippen LogP contribution is -2.14. The summed E-state index contributed by atoms with van der Waals surface area (Å²) in [5.41, 5.74) is 7.71. The number of halogens is 1. The normalized spacial score (nSPS) is 11.3. The van der Waals surface area contributed by atoms with Gasteiger partial charge < -0.3 is 5.73 Å². The van der Waals surface area contributed by atoms with Crippen LogP contribution in [0.2, 0.25) is 0 Å². The zero-order valence-electron chi connectivity index (χ0n) is 11.8. The first kappa shape index (κ1) is 14.1. The van der Waals surface area contributed by atoms with Gasteiger partial charge in [0.1, 0.15) is 23.3 Å². The molecule has 0 fully saturated rings. The molecule has 1 heterocycles. The molecule has 0 aliphatic heterocycles. The maximum absolute atomic E-state index is 12.9. The minimum absolute atomic E-state index is 0.257. The molecule has 0 atom stereocenters. The molecule has 0 saturated heterocycles. The van der Waals surface area contributed by atoms with Gasteiger partial charge in [-0.3, -0.25) is 0 Å².